The molecule has 1 atom stereocenters. The molecule has 0 aromatic carbocycles. The lowest BCUT2D eigenvalue weighted by molar-refractivity contribution is -0.139. The van der Waals surface area contributed by atoms with Crippen LogP contribution < -0.4 is 5.73 Å². The molecule has 1 rings (SSSR count). The Hall–Kier alpha value is -0.610. The van der Waals surface area contributed by atoms with E-state index in [4.69, 9.17) is 12.2 Å². The Balaban J connectivity index is 2.41. The van der Waals surface area contributed by atoms with Gasteiger partial charge in [-0.15, -0.1) is 0 Å². The lowest BCUT2D eigenvalue weighted by Crippen LogP contribution is -2.44. The Kier molecular flexibility index (Phi) is 2.95. The van der Waals surface area contributed by atoms with Crippen molar-refractivity contribution in [1.82, 2.24) is 4.90 Å². The fourth-order valence-corrected chi connectivity index (χ4v) is 1.43. The highest BCUT2D eigenvalue weighted by Crippen LogP contribution is 2.08. The van der Waals surface area contributed by atoms with Crippen molar-refractivity contribution in [2.24, 2.45) is 5.73 Å². The zero-order chi connectivity index (χ0) is 9.90. The molecule has 0 amide bonds. The first kappa shape index (κ1) is 8.01. The summed E-state index contributed by atoms with van der Waals surface area (Å²) in [6.45, 7) is 1.86. The summed E-state index contributed by atoms with van der Waals surface area (Å²) in [5, 5.41) is 8.63. The summed E-state index contributed by atoms with van der Waals surface area (Å²) in [5.74, 6) is -1.25. The van der Waals surface area contributed by atoms with Gasteiger partial charge in [0.2, 0.25) is 0 Å². The summed E-state index contributed by atoms with van der Waals surface area (Å²) in [6.07, 6.45) is 3.35. The van der Waals surface area contributed by atoms with Gasteiger partial charge in [0.1, 0.15) is 6.02 Å². The predicted molar refractivity (Wildman–Crippen MR) is 45.9 cm³/mol. The van der Waals surface area contributed by atoms with Crippen molar-refractivity contribution < 1.29 is 11.3 Å². The molecular weight excluding hydrogens is 156 g/mol. The highest BCUT2D eigenvalue weighted by atomic mass is 16.4. The maximum absolute atomic E-state index is 10.6. The van der Waals surface area contributed by atoms with Crippen molar-refractivity contribution in [1.29, 1.82) is 0 Å². The summed E-state index contributed by atoms with van der Waals surface area (Å²) in [4.78, 5) is 12.5. The lowest BCUT2D eigenvalue weighted by atomic mass is 10.1. The molecule has 1 fully saturated rings. The second-order valence-electron chi connectivity index (χ2n) is 3.17. The Morgan fingerprint density at radius 3 is 2.67 bits per heavy atom. The van der Waals surface area contributed by atoms with Crippen molar-refractivity contribution >= 4 is 5.97 Å². The van der Waals surface area contributed by atoms with Gasteiger partial charge < -0.3 is 15.7 Å². The highest BCUT2D eigenvalue weighted by Gasteiger charge is 2.17. The van der Waals surface area contributed by atoms with Crippen LogP contribution in [0.15, 0.2) is 0 Å². The Morgan fingerprint density at radius 2 is 2.17 bits per heavy atom. The number of likely N-dealkylation sites (tertiary alicyclic amines) is 1. The van der Waals surface area contributed by atoms with Crippen LogP contribution in [0.5, 0.6) is 0 Å². The summed E-state index contributed by atoms with van der Waals surface area (Å²) >= 11 is 0. The van der Waals surface area contributed by atoms with Gasteiger partial charge in [-0.2, -0.15) is 0 Å². The lowest BCUT2D eigenvalue weighted by Gasteiger charge is -2.27. The molecule has 70 valence electrons. The number of carboxylic acids is 1. The topological polar surface area (TPSA) is 66.6 Å². The smallest absolute Gasteiger partial charge is 0.321 e. The number of carbonyl (C=O) groups is 1. The Bertz CT molecular complexity index is 191. The van der Waals surface area contributed by atoms with Crippen LogP contribution in [-0.2, 0) is 4.79 Å². The van der Waals surface area contributed by atoms with Gasteiger partial charge in [0, 0.05) is 6.54 Å². The monoisotopic (exact) mass is 173 g/mol. The van der Waals surface area contributed by atoms with Crippen LogP contribution in [0.25, 0.3) is 0 Å². The maximum atomic E-state index is 10.6. The van der Waals surface area contributed by atoms with Crippen LogP contribution in [0, 0.1) is 0 Å². The average molecular weight is 173 g/mol. The third-order valence-corrected chi connectivity index (χ3v) is 2.12. The van der Waals surface area contributed by atoms with Crippen molar-refractivity contribution in [2.45, 2.75) is 25.3 Å². The molecule has 0 unspecified atom stereocenters. The van der Waals surface area contributed by atoms with E-state index in [1.807, 2.05) is 4.90 Å². The van der Waals surface area contributed by atoms with E-state index in [0.717, 1.165) is 25.9 Å². The molecule has 1 aliphatic heterocycles. The fourth-order valence-electron chi connectivity index (χ4n) is 1.43. The van der Waals surface area contributed by atoms with Gasteiger partial charge in [0.05, 0.1) is 1.37 Å². The average Bonchev–Trinajstić information content (AvgIpc) is 2.05. The number of nitrogens with two attached hydrogens (primary N) is 1. The first-order valence-electron chi connectivity index (χ1n) is 4.77. The molecule has 0 spiro atoms. The molecule has 0 aromatic rings. The minimum Gasteiger partial charge on any atom is -0.480 e. The SMILES string of the molecule is [2H][C@@](N)(CN1CCCCC1)C(=O)O. The van der Waals surface area contributed by atoms with Gasteiger partial charge in [0.15, 0.2) is 0 Å². The van der Waals surface area contributed by atoms with Crippen molar-refractivity contribution in [3.8, 4) is 0 Å². The van der Waals surface area contributed by atoms with Crippen molar-refractivity contribution in [3.63, 3.8) is 0 Å². The molecule has 0 aromatic heterocycles. The molecule has 1 aliphatic rings. The number of nitrogens with zero attached hydrogens (tertiary/aromatic N) is 1. The molecular formula is C8H16N2O2. The van der Waals surface area contributed by atoms with Gasteiger partial charge in [-0.1, -0.05) is 6.42 Å². The minimum absolute atomic E-state index is 0.127. The van der Waals surface area contributed by atoms with Crippen LogP contribution in [0.1, 0.15) is 20.6 Å². The minimum atomic E-state index is -1.85. The zero-order valence-electron chi connectivity index (χ0n) is 8.12. The fraction of sp³-hybridized carbons (Fsp3) is 0.875. The second kappa shape index (κ2) is 4.42. The molecule has 0 radical (unpaired) electrons. The largest absolute Gasteiger partial charge is 0.480 e. The molecule has 1 saturated heterocycles. The van der Waals surface area contributed by atoms with Gasteiger partial charge in [-0.05, 0) is 25.9 Å². The molecule has 3 N–H and O–H groups in total. The van der Waals surface area contributed by atoms with Gasteiger partial charge in [-0.3, -0.25) is 4.79 Å². The van der Waals surface area contributed by atoms with Gasteiger partial charge in [0.25, 0.3) is 0 Å². The number of hydrogen-bond acceptors (Lipinski definition) is 3. The van der Waals surface area contributed by atoms with Gasteiger partial charge in [-0.25, -0.2) is 0 Å². The highest BCUT2D eigenvalue weighted by molar-refractivity contribution is 5.73. The third-order valence-electron chi connectivity index (χ3n) is 2.12. The van der Waals surface area contributed by atoms with E-state index in [2.05, 4.69) is 0 Å². The van der Waals surface area contributed by atoms with Crippen molar-refractivity contribution in [2.75, 3.05) is 19.6 Å². The van der Waals surface area contributed by atoms with E-state index in [-0.39, 0.29) is 6.54 Å². The Morgan fingerprint density at radius 1 is 1.58 bits per heavy atom. The first-order chi connectivity index (χ1) is 6.02. The summed E-state index contributed by atoms with van der Waals surface area (Å²) in [5.41, 5.74) is 5.32. The van der Waals surface area contributed by atoms with E-state index in [1.54, 1.807) is 0 Å². The molecule has 4 nitrogen and oxygen atoms in total. The molecule has 0 bridgehead atoms. The Labute approximate surface area is 73.7 Å². The zero-order valence-corrected chi connectivity index (χ0v) is 7.12. The van der Waals surface area contributed by atoms with E-state index < -0.39 is 12.0 Å². The third kappa shape index (κ3) is 2.79. The standard InChI is InChI=1S/C8H16N2O2/c9-7(8(11)12)6-10-4-2-1-3-5-10/h7H,1-6,9H2,(H,11,12)/t7-/m1/s1/i7D. The molecule has 0 aliphatic carbocycles. The molecule has 12 heavy (non-hydrogen) atoms. The van der Waals surface area contributed by atoms with Crippen LogP contribution >= 0.6 is 0 Å². The summed E-state index contributed by atoms with van der Waals surface area (Å²) < 4.78 is 7.35. The molecule has 4 heteroatoms. The van der Waals surface area contributed by atoms with E-state index in [9.17, 15) is 4.79 Å². The summed E-state index contributed by atoms with van der Waals surface area (Å²) in [6, 6.07) is -1.85. The van der Waals surface area contributed by atoms with E-state index in [0.29, 0.717) is 0 Å². The number of carboxylic acid groups (broad SMARTS) is 1. The van der Waals surface area contributed by atoms with Crippen molar-refractivity contribution in [3.05, 3.63) is 0 Å². The summed E-state index contributed by atoms with van der Waals surface area (Å²) in [7, 11) is 0. The quantitative estimate of drug-likeness (QED) is 0.624. The first-order valence-corrected chi connectivity index (χ1v) is 4.27. The van der Waals surface area contributed by atoms with Crippen LogP contribution in [0.2, 0.25) is 0 Å². The normalized spacial score (nSPS) is 25.9. The predicted octanol–water partition coefficient (Wildman–Crippen LogP) is -0.116. The number of hydrogen-bond donors (Lipinski definition) is 2. The van der Waals surface area contributed by atoms with Crippen LogP contribution in [0.3, 0.4) is 0 Å². The number of piperidine rings is 1. The van der Waals surface area contributed by atoms with Crippen LogP contribution in [0.4, 0.5) is 0 Å². The number of aliphatic carboxylic acids is 1. The van der Waals surface area contributed by atoms with E-state index >= 15 is 0 Å². The molecule has 0 saturated carbocycles. The van der Waals surface area contributed by atoms with Gasteiger partial charge >= 0.3 is 5.97 Å². The molecule has 1 heterocycles. The van der Waals surface area contributed by atoms with Crippen LogP contribution in [-0.4, -0.2) is 41.6 Å². The number of rotatable bonds is 3. The second-order valence-corrected chi connectivity index (χ2v) is 3.17. The maximum Gasteiger partial charge on any atom is 0.321 e. The van der Waals surface area contributed by atoms with E-state index in [1.165, 1.54) is 6.42 Å².